The van der Waals surface area contributed by atoms with Crippen LogP contribution in [-0.4, -0.2) is 132 Å². The van der Waals surface area contributed by atoms with Gasteiger partial charge in [0.25, 0.3) is 0 Å². The molecule has 5 atom stereocenters. The lowest BCUT2D eigenvalue weighted by Crippen LogP contribution is -2.56. The van der Waals surface area contributed by atoms with Gasteiger partial charge in [-0.2, -0.15) is 0 Å². The van der Waals surface area contributed by atoms with E-state index in [4.69, 9.17) is 9.47 Å². The zero-order valence-electron chi connectivity index (χ0n) is 22.0. The summed E-state index contributed by atoms with van der Waals surface area (Å²) in [6.07, 6.45) is 9.74. The number of unbranched alkanes of at least 4 members (excludes halogenated alkanes) is 2. The van der Waals surface area contributed by atoms with Crippen molar-refractivity contribution in [2.45, 2.75) is 43.4 Å². The molecule has 0 aliphatic carbocycles. The number of morpholine rings is 1. The predicted molar refractivity (Wildman–Crippen MR) is 135 cm³/mol. The third-order valence-corrected chi connectivity index (χ3v) is 8.69. The molecule has 0 radical (unpaired) electrons. The van der Waals surface area contributed by atoms with Crippen molar-refractivity contribution in [3.8, 4) is 0 Å². The van der Waals surface area contributed by atoms with Gasteiger partial charge in [0.15, 0.2) is 0 Å². The Bertz CT molecular complexity index is 965. The van der Waals surface area contributed by atoms with E-state index in [0.717, 1.165) is 26.1 Å². The van der Waals surface area contributed by atoms with E-state index in [9.17, 15) is 19.5 Å². The first kappa shape index (κ1) is 26.3. The van der Waals surface area contributed by atoms with Gasteiger partial charge in [0.2, 0.25) is 17.7 Å². The number of likely N-dealkylation sites (tertiary alicyclic amines) is 1. The topological polar surface area (TPSA) is 103 Å². The summed E-state index contributed by atoms with van der Waals surface area (Å²) in [6, 6.07) is -0.821. The van der Waals surface area contributed by atoms with Gasteiger partial charge in [-0.05, 0) is 26.2 Å². The third-order valence-electron chi connectivity index (χ3n) is 8.69. The molecule has 0 saturated carbocycles. The van der Waals surface area contributed by atoms with Gasteiger partial charge < -0.3 is 29.3 Å². The van der Waals surface area contributed by atoms with E-state index >= 15 is 0 Å². The zero-order valence-corrected chi connectivity index (χ0v) is 22.0. The Kier molecular flexibility index (Phi) is 7.46. The number of hydrogen-bond acceptors (Lipinski definition) is 7. The Morgan fingerprint density at radius 2 is 1.68 bits per heavy atom. The summed E-state index contributed by atoms with van der Waals surface area (Å²) in [4.78, 5) is 49.3. The summed E-state index contributed by atoms with van der Waals surface area (Å²) < 4.78 is 12.2. The first-order valence-corrected chi connectivity index (χ1v) is 13.6. The second-order valence-corrected chi connectivity index (χ2v) is 11.1. The average molecular weight is 517 g/mol. The first-order chi connectivity index (χ1) is 17.8. The van der Waals surface area contributed by atoms with Crippen LogP contribution < -0.4 is 0 Å². The Balaban J connectivity index is 1.47. The van der Waals surface area contributed by atoms with Crippen LogP contribution in [0.5, 0.6) is 0 Å². The van der Waals surface area contributed by atoms with Gasteiger partial charge in [-0.1, -0.05) is 24.3 Å². The lowest BCUT2D eigenvalue weighted by atomic mass is 9.74. The molecular weight excluding hydrogens is 476 g/mol. The molecule has 3 saturated heterocycles. The number of nitrogens with zero attached hydrogens (tertiary/aromatic N) is 4. The predicted octanol–water partition coefficient (Wildman–Crippen LogP) is -0.121. The van der Waals surface area contributed by atoms with Gasteiger partial charge in [0.05, 0.1) is 30.7 Å². The zero-order chi connectivity index (χ0) is 26.2. The molecular formula is C27H40N4O6. The minimum absolute atomic E-state index is 0.0949. The standard InChI is InChI=1S/C27H40N4O6/c1-26-8-6-10-28(2)23(33)20(26)21-24(34)31(12-4-3-5-17-32)22-25(35)30(11-7-9-27(21,22)37-26)14-13-29-15-18-36-19-16-29/h6-9,20-22,32H,3-5,10-19H2,1-2H3/t20-,21-,22?,26+,27-/m0/s1. The van der Waals surface area contributed by atoms with Crippen LogP contribution in [0.1, 0.15) is 26.2 Å². The molecule has 1 N–H and O–H groups in total. The molecule has 5 rings (SSSR count). The van der Waals surface area contributed by atoms with E-state index < -0.39 is 29.1 Å². The number of carbonyl (C=O) groups excluding carboxylic acids is 3. The minimum Gasteiger partial charge on any atom is -0.396 e. The maximum atomic E-state index is 14.2. The van der Waals surface area contributed by atoms with Gasteiger partial charge in [0, 0.05) is 59.5 Å². The van der Waals surface area contributed by atoms with Crippen LogP contribution in [0.4, 0.5) is 0 Å². The Labute approximate surface area is 218 Å². The summed E-state index contributed by atoms with van der Waals surface area (Å²) in [6.45, 7) is 7.62. The SMILES string of the molecule is CN1CC=C[C@@]2(C)O[C@]34C=CCN(CCN5CCOCC5)C(=O)C3N(CCCCCO)C(=O)[C@@H]4[C@H]2C1=O. The smallest absolute Gasteiger partial charge is 0.249 e. The third kappa shape index (κ3) is 4.51. The molecule has 0 bridgehead atoms. The van der Waals surface area contributed by atoms with Gasteiger partial charge in [-0.3, -0.25) is 19.3 Å². The number of hydrogen-bond donors (Lipinski definition) is 1. The summed E-state index contributed by atoms with van der Waals surface area (Å²) in [5.74, 6) is -1.91. The van der Waals surface area contributed by atoms with Crippen molar-refractivity contribution >= 4 is 17.7 Å². The highest BCUT2D eigenvalue weighted by Gasteiger charge is 2.74. The quantitative estimate of drug-likeness (QED) is 0.354. The summed E-state index contributed by atoms with van der Waals surface area (Å²) in [7, 11) is 1.74. The number of amides is 3. The van der Waals surface area contributed by atoms with Crippen LogP contribution in [0, 0.1) is 11.8 Å². The molecule has 3 amide bonds. The van der Waals surface area contributed by atoms with Crippen LogP contribution in [0.15, 0.2) is 24.3 Å². The van der Waals surface area contributed by atoms with E-state index in [-0.39, 0.29) is 24.3 Å². The van der Waals surface area contributed by atoms with Crippen molar-refractivity contribution in [1.29, 1.82) is 0 Å². The van der Waals surface area contributed by atoms with E-state index in [1.807, 2.05) is 36.1 Å². The number of ether oxygens (including phenoxy) is 2. The molecule has 10 nitrogen and oxygen atoms in total. The molecule has 1 spiro atoms. The molecule has 1 unspecified atom stereocenters. The monoisotopic (exact) mass is 516 g/mol. The Hall–Kier alpha value is -2.27. The molecule has 5 aliphatic heterocycles. The maximum Gasteiger partial charge on any atom is 0.249 e. The van der Waals surface area contributed by atoms with Crippen molar-refractivity contribution in [2.24, 2.45) is 11.8 Å². The van der Waals surface area contributed by atoms with Crippen LogP contribution in [0.2, 0.25) is 0 Å². The fourth-order valence-electron chi connectivity index (χ4n) is 6.79. The number of likely N-dealkylation sites (N-methyl/N-ethyl adjacent to an activating group) is 1. The van der Waals surface area contributed by atoms with E-state index in [2.05, 4.69) is 4.90 Å². The normalized spacial score (nSPS) is 36.0. The molecule has 3 fully saturated rings. The molecule has 204 valence electrons. The second kappa shape index (κ2) is 10.5. The molecule has 10 heteroatoms. The van der Waals surface area contributed by atoms with Crippen molar-refractivity contribution < 1.29 is 29.0 Å². The highest BCUT2D eigenvalue weighted by Crippen LogP contribution is 2.57. The fourth-order valence-corrected chi connectivity index (χ4v) is 6.79. The van der Waals surface area contributed by atoms with Crippen molar-refractivity contribution in [1.82, 2.24) is 19.6 Å². The number of rotatable bonds is 8. The minimum atomic E-state index is -1.20. The van der Waals surface area contributed by atoms with E-state index in [1.165, 1.54) is 0 Å². The number of aliphatic hydroxyl groups is 1. The van der Waals surface area contributed by atoms with Crippen LogP contribution in [0.25, 0.3) is 0 Å². The molecule has 0 aromatic rings. The highest BCUT2D eigenvalue weighted by atomic mass is 16.5. The lowest BCUT2D eigenvalue weighted by Gasteiger charge is -2.38. The van der Waals surface area contributed by atoms with E-state index in [1.54, 1.807) is 16.8 Å². The highest BCUT2D eigenvalue weighted by molar-refractivity contribution is 6.00. The number of fused-ring (bicyclic) bond motifs is 2. The number of carbonyl (C=O) groups is 3. The molecule has 0 aromatic heterocycles. The molecule has 0 aromatic carbocycles. The van der Waals surface area contributed by atoms with Gasteiger partial charge >= 0.3 is 0 Å². The van der Waals surface area contributed by atoms with Crippen molar-refractivity contribution in [3.63, 3.8) is 0 Å². The van der Waals surface area contributed by atoms with Crippen LogP contribution >= 0.6 is 0 Å². The summed E-state index contributed by atoms with van der Waals surface area (Å²) in [5, 5.41) is 9.22. The largest absolute Gasteiger partial charge is 0.396 e. The lowest BCUT2D eigenvalue weighted by molar-refractivity contribution is -0.152. The van der Waals surface area contributed by atoms with Gasteiger partial charge in [-0.25, -0.2) is 0 Å². The first-order valence-electron chi connectivity index (χ1n) is 13.6. The molecule has 5 aliphatic rings. The molecule has 5 heterocycles. The fraction of sp³-hybridized carbons (Fsp3) is 0.741. The number of aliphatic hydroxyl groups excluding tert-OH is 1. The van der Waals surface area contributed by atoms with Crippen LogP contribution in [0.3, 0.4) is 0 Å². The van der Waals surface area contributed by atoms with E-state index in [0.29, 0.717) is 52.2 Å². The summed E-state index contributed by atoms with van der Waals surface area (Å²) >= 11 is 0. The Morgan fingerprint density at radius 1 is 0.919 bits per heavy atom. The van der Waals surface area contributed by atoms with Crippen molar-refractivity contribution in [3.05, 3.63) is 24.3 Å². The van der Waals surface area contributed by atoms with Crippen molar-refractivity contribution in [2.75, 3.05) is 72.7 Å². The molecule has 37 heavy (non-hydrogen) atoms. The maximum absolute atomic E-state index is 14.2. The van der Waals surface area contributed by atoms with Gasteiger partial charge in [-0.15, -0.1) is 0 Å². The summed E-state index contributed by atoms with van der Waals surface area (Å²) in [5.41, 5.74) is -2.17. The average Bonchev–Trinajstić information content (AvgIpc) is 3.16. The van der Waals surface area contributed by atoms with Gasteiger partial charge in [0.1, 0.15) is 11.6 Å². The second-order valence-electron chi connectivity index (χ2n) is 11.1. The van der Waals surface area contributed by atoms with Crippen LogP contribution in [-0.2, 0) is 23.9 Å². The Morgan fingerprint density at radius 3 is 2.43 bits per heavy atom.